The van der Waals surface area contributed by atoms with Gasteiger partial charge in [0.25, 0.3) is 5.91 Å². The van der Waals surface area contributed by atoms with Crippen molar-refractivity contribution in [3.05, 3.63) is 59.7 Å². The van der Waals surface area contributed by atoms with Crippen LogP contribution in [0.2, 0.25) is 0 Å². The number of halogens is 2. The highest BCUT2D eigenvalue weighted by molar-refractivity contribution is 7.89. The zero-order valence-corrected chi connectivity index (χ0v) is 14.2. The third-order valence-corrected chi connectivity index (χ3v) is 5.97. The lowest BCUT2D eigenvalue weighted by Crippen LogP contribution is -2.28. The maximum Gasteiger partial charge on any atom is 0.258 e. The normalized spacial score (nSPS) is 14.6. The van der Waals surface area contributed by atoms with Gasteiger partial charge in [0.2, 0.25) is 10.0 Å². The fourth-order valence-electron chi connectivity index (χ4n) is 2.39. The molecule has 1 N–H and O–H groups in total. The van der Waals surface area contributed by atoms with E-state index in [2.05, 4.69) is 5.32 Å². The summed E-state index contributed by atoms with van der Waals surface area (Å²) in [5, 5.41) is 2.42. The lowest BCUT2D eigenvalue weighted by Gasteiger charge is -2.16. The Labute approximate surface area is 144 Å². The Kier molecular flexibility index (Phi) is 4.57. The molecule has 0 bridgehead atoms. The Balaban J connectivity index is 1.76. The molecule has 25 heavy (non-hydrogen) atoms. The van der Waals surface area contributed by atoms with Gasteiger partial charge >= 0.3 is 0 Å². The van der Waals surface area contributed by atoms with E-state index in [-0.39, 0.29) is 16.6 Å². The minimum Gasteiger partial charge on any atom is -0.322 e. The van der Waals surface area contributed by atoms with Crippen molar-refractivity contribution in [2.75, 3.05) is 12.4 Å². The zero-order valence-electron chi connectivity index (χ0n) is 13.4. The van der Waals surface area contributed by atoms with Gasteiger partial charge in [-0.3, -0.25) is 4.79 Å². The first-order valence-corrected chi connectivity index (χ1v) is 9.08. The standard InChI is InChI=1S/C17H16F2N2O3S/c1-21(12-7-8-12)25(23,24)13-9-5-11(6-10-13)20-17(22)14-3-2-4-15(18)16(14)19/h2-6,9-10,12H,7-8H2,1H3,(H,20,22). The van der Waals surface area contributed by atoms with Crippen LogP contribution in [0.5, 0.6) is 0 Å². The molecule has 0 heterocycles. The van der Waals surface area contributed by atoms with Gasteiger partial charge < -0.3 is 5.32 Å². The first-order chi connectivity index (χ1) is 11.8. The van der Waals surface area contributed by atoms with Crippen LogP contribution in [0.15, 0.2) is 47.4 Å². The fraction of sp³-hybridized carbons (Fsp3) is 0.235. The predicted molar refractivity (Wildman–Crippen MR) is 88.7 cm³/mol. The van der Waals surface area contributed by atoms with Crippen LogP contribution in [0.1, 0.15) is 23.2 Å². The summed E-state index contributed by atoms with van der Waals surface area (Å²) in [4.78, 5) is 12.1. The molecule has 1 saturated carbocycles. The molecule has 0 unspecified atom stereocenters. The van der Waals surface area contributed by atoms with Crippen LogP contribution in [0.25, 0.3) is 0 Å². The van der Waals surface area contributed by atoms with Gasteiger partial charge in [-0.2, -0.15) is 4.31 Å². The summed E-state index contributed by atoms with van der Waals surface area (Å²) < 4.78 is 52.9. The summed E-state index contributed by atoms with van der Waals surface area (Å²) in [7, 11) is -2.04. The van der Waals surface area contributed by atoms with Crippen LogP contribution in [-0.4, -0.2) is 31.7 Å². The monoisotopic (exact) mass is 366 g/mol. The number of amides is 1. The van der Waals surface area contributed by atoms with Crippen molar-refractivity contribution < 1.29 is 22.0 Å². The molecule has 0 aromatic heterocycles. The van der Waals surface area contributed by atoms with Crippen molar-refractivity contribution in [3.8, 4) is 0 Å². The largest absolute Gasteiger partial charge is 0.322 e. The van der Waals surface area contributed by atoms with Gasteiger partial charge in [-0.15, -0.1) is 0 Å². The summed E-state index contributed by atoms with van der Waals surface area (Å²) >= 11 is 0. The van der Waals surface area contributed by atoms with Crippen molar-refractivity contribution in [2.45, 2.75) is 23.8 Å². The molecule has 0 aliphatic heterocycles. The number of carbonyl (C=O) groups excluding carboxylic acids is 1. The van der Waals surface area contributed by atoms with Crippen LogP contribution in [0.3, 0.4) is 0 Å². The molecule has 1 aliphatic rings. The van der Waals surface area contributed by atoms with Gasteiger partial charge in [-0.05, 0) is 49.2 Å². The molecular formula is C17H16F2N2O3S. The average molecular weight is 366 g/mol. The minimum atomic E-state index is -3.57. The van der Waals surface area contributed by atoms with E-state index >= 15 is 0 Å². The van der Waals surface area contributed by atoms with Gasteiger partial charge in [0.1, 0.15) is 0 Å². The van der Waals surface area contributed by atoms with Gasteiger partial charge in [0.15, 0.2) is 11.6 Å². The molecular weight excluding hydrogens is 350 g/mol. The second-order valence-corrected chi connectivity index (χ2v) is 7.83. The van der Waals surface area contributed by atoms with Gasteiger partial charge in [-0.25, -0.2) is 17.2 Å². The van der Waals surface area contributed by atoms with Crippen molar-refractivity contribution >= 4 is 21.6 Å². The fourth-order valence-corrected chi connectivity index (χ4v) is 3.80. The number of carbonyl (C=O) groups is 1. The SMILES string of the molecule is CN(C1CC1)S(=O)(=O)c1ccc(NC(=O)c2cccc(F)c2F)cc1. The van der Waals surface area contributed by atoms with Crippen LogP contribution in [0.4, 0.5) is 14.5 Å². The molecule has 0 saturated heterocycles. The van der Waals surface area contributed by atoms with Crippen molar-refractivity contribution in [1.82, 2.24) is 4.31 Å². The Morgan fingerprint density at radius 1 is 1.12 bits per heavy atom. The Bertz CT molecular complexity index is 910. The second-order valence-electron chi connectivity index (χ2n) is 5.83. The molecule has 1 fully saturated rings. The third-order valence-electron chi connectivity index (χ3n) is 4.05. The van der Waals surface area contributed by atoms with E-state index in [1.807, 2.05) is 0 Å². The maximum absolute atomic E-state index is 13.6. The van der Waals surface area contributed by atoms with Crippen molar-refractivity contribution in [1.29, 1.82) is 0 Å². The minimum absolute atomic E-state index is 0.0420. The number of hydrogen-bond acceptors (Lipinski definition) is 3. The molecule has 2 aromatic carbocycles. The first kappa shape index (κ1) is 17.5. The molecule has 8 heteroatoms. The number of sulfonamides is 1. The van der Waals surface area contributed by atoms with Crippen LogP contribution < -0.4 is 5.32 Å². The van der Waals surface area contributed by atoms with E-state index in [1.165, 1.54) is 41.7 Å². The lowest BCUT2D eigenvalue weighted by molar-refractivity contribution is 0.102. The summed E-state index contributed by atoms with van der Waals surface area (Å²) in [6.45, 7) is 0. The zero-order chi connectivity index (χ0) is 18.2. The van der Waals surface area contributed by atoms with E-state index in [4.69, 9.17) is 0 Å². The van der Waals surface area contributed by atoms with E-state index < -0.39 is 33.1 Å². The summed E-state index contributed by atoms with van der Waals surface area (Å²) in [5.74, 6) is -3.16. The molecule has 1 amide bonds. The van der Waals surface area contributed by atoms with E-state index in [1.54, 1.807) is 0 Å². The van der Waals surface area contributed by atoms with Crippen molar-refractivity contribution in [3.63, 3.8) is 0 Å². The van der Waals surface area contributed by atoms with Gasteiger partial charge in [-0.1, -0.05) is 6.07 Å². The Hall–Kier alpha value is -2.32. The molecule has 0 atom stereocenters. The van der Waals surface area contributed by atoms with Crippen LogP contribution in [0, 0.1) is 11.6 Å². The molecule has 2 aromatic rings. The molecule has 0 radical (unpaired) electrons. The molecule has 1 aliphatic carbocycles. The number of hydrogen-bond donors (Lipinski definition) is 1. The highest BCUT2D eigenvalue weighted by Gasteiger charge is 2.34. The topological polar surface area (TPSA) is 66.5 Å². The number of rotatable bonds is 5. The highest BCUT2D eigenvalue weighted by atomic mass is 32.2. The molecule has 5 nitrogen and oxygen atoms in total. The average Bonchev–Trinajstić information content (AvgIpc) is 3.42. The van der Waals surface area contributed by atoms with Crippen molar-refractivity contribution in [2.24, 2.45) is 0 Å². The third kappa shape index (κ3) is 3.54. The van der Waals surface area contributed by atoms with E-state index in [0.717, 1.165) is 25.0 Å². The maximum atomic E-state index is 13.6. The molecule has 132 valence electrons. The van der Waals surface area contributed by atoms with Crippen LogP contribution >= 0.6 is 0 Å². The smallest absolute Gasteiger partial charge is 0.258 e. The first-order valence-electron chi connectivity index (χ1n) is 7.64. The second kappa shape index (κ2) is 6.53. The highest BCUT2D eigenvalue weighted by Crippen LogP contribution is 2.30. The predicted octanol–water partition coefficient (Wildman–Crippen LogP) is 3.00. The van der Waals surface area contributed by atoms with Gasteiger partial charge in [0, 0.05) is 18.8 Å². The number of benzene rings is 2. The van der Waals surface area contributed by atoms with Gasteiger partial charge in [0.05, 0.1) is 10.5 Å². The number of anilines is 1. The number of nitrogens with one attached hydrogen (secondary N) is 1. The Morgan fingerprint density at radius 3 is 2.36 bits per heavy atom. The lowest BCUT2D eigenvalue weighted by atomic mass is 10.2. The number of nitrogens with zero attached hydrogens (tertiary/aromatic N) is 1. The Morgan fingerprint density at radius 2 is 1.76 bits per heavy atom. The summed E-state index contributed by atoms with van der Waals surface area (Å²) in [5.41, 5.74) is -0.146. The van der Waals surface area contributed by atoms with E-state index in [9.17, 15) is 22.0 Å². The summed E-state index contributed by atoms with van der Waals surface area (Å²) in [6.07, 6.45) is 1.70. The quantitative estimate of drug-likeness (QED) is 0.885. The van der Waals surface area contributed by atoms with Crippen LogP contribution in [-0.2, 0) is 10.0 Å². The molecule has 3 rings (SSSR count). The molecule has 0 spiro atoms. The summed E-state index contributed by atoms with van der Waals surface area (Å²) in [6, 6.07) is 8.90. The van der Waals surface area contributed by atoms with E-state index in [0.29, 0.717) is 0 Å².